The second-order valence-corrected chi connectivity index (χ2v) is 9.98. The summed E-state index contributed by atoms with van der Waals surface area (Å²) in [6.07, 6.45) is 2.56. The summed E-state index contributed by atoms with van der Waals surface area (Å²) in [6, 6.07) is 19.7. The molecule has 4 amide bonds. The summed E-state index contributed by atoms with van der Waals surface area (Å²) < 4.78 is 0. The van der Waals surface area contributed by atoms with Gasteiger partial charge in [-0.15, -0.1) is 0 Å². The van der Waals surface area contributed by atoms with Crippen molar-refractivity contribution in [3.63, 3.8) is 0 Å². The highest BCUT2D eigenvalue weighted by molar-refractivity contribution is 5.99. The van der Waals surface area contributed by atoms with E-state index in [4.69, 9.17) is 0 Å². The first kappa shape index (κ1) is 23.5. The van der Waals surface area contributed by atoms with Gasteiger partial charge in [0, 0.05) is 51.2 Å². The molecule has 1 N–H and O–H groups in total. The number of carbonyl (C=O) groups is 3. The van der Waals surface area contributed by atoms with Crippen LogP contribution in [-0.4, -0.2) is 71.3 Å². The molecule has 0 bridgehead atoms. The molecular weight excluding hydrogens is 440 g/mol. The molecule has 0 radical (unpaired) electrons. The first-order valence-corrected chi connectivity index (χ1v) is 12.8. The zero-order chi connectivity index (χ0) is 24.2. The third kappa shape index (κ3) is 5.40. The summed E-state index contributed by atoms with van der Waals surface area (Å²) in [6.45, 7) is 4.48. The minimum atomic E-state index is -0.324. The highest BCUT2D eigenvalue weighted by atomic mass is 16.2. The number of imide groups is 1. The Kier molecular flexibility index (Phi) is 7.13. The van der Waals surface area contributed by atoms with Crippen LogP contribution < -0.4 is 5.32 Å². The molecule has 2 aliphatic heterocycles. The van der Waals surface area contributed by atoms with Gasteiger partial charge in [0.15, 0.2) is 0 Å². The van der Waals surface area contributed by atoms with E-state index in [-0.39, 0.29) is 35.7 Å². The highest BCUT2D eigenvalue weighted by Gasteiger charge is 2.45. The quantitative estimate of drug-likeness (QED) is 0.699. The summed E-state index contributed by atoms with van der Waals surface area (Å²) in [5.74, 6) is -0.262. The van der Waals surface area contributed by atoms with Crippen molar-refractivity contribution < 1.29 is 14.4 Å². The van der Waals surface area contributed by atoms with Crippen molar-refractivity contribution in [1.82, 2.24) is 20.0 Å². The van der Waals surface area contributed by atoms with Gasteiger partial charge in [-0.3, -0.25) is 19.4 Å². The number of rotatable bonds is 6. The average molecular weight is 475 g/mol. The molecule has 5 rings (SSSR count). The number of piperazine rings is 1. The van der Waals surface area contributed by atoms with Gasteiger partial charge in [0.25, 0.3) is 0 Å². The minimum absolute atomic E-state index is 0.0879. The number of amides is 4. The van der Waals surface area contributed by atoms with Gasteiger partial charge >= 0.3 is 6.03 Å². The second-order valence-electron chi connectivity index (χ2n) is 9.98. The number of nitrogens with one attached hydrogen (secondary N) is 1. The molecule has 35 heavy (non-hydrogen) atoms. The molecule has 3 unspecified atom stereocenters. The maximum Gasteiger partial charge on any atom is 0.324 e. The van der Waals surface area contributed by atoms with Crippen molar-refractivity contribution >= 4 is 17.8 Å². The van der Waals surface area contributed by atoms with E-state index in [2.05, 4.69) is 34.5 Å². The van der Waals surface area contributed by atoms with Gasteiger partial charge in [-0.2, -0.15) is 0 Å². The number of benzene rings is 2. The lowest BCUT2D eigenvalue weighted by Crippen LogP contribution is -2.62. The Morgan fingerprint density at radius 2 is 1.51 bits per heavy atom. The number of nitrogens with zero attached hydrogens (tertiary/aromatic N) is 3. The topological polar surface area (TPSA) is 73.0 Å². The Labute approximate surface area is 207 Å². The normalized spacial score (nSPS) is 25.2. The summed E-state index contributed by atoms with van der Waals surface area (Å²) >= 11 is 0. The van der Waals surface area contributed by atoms with E-state index < -0.39 is 0 Å². The van der Waals surface area contributed by atoms with Crippen molar-refractivity contribution in [1.29, 1.82) is 0 Å². The van der Waals surface area contributed by atoms with Crippen LogP contribution in [-0.2, 0) is 22.6 Å². The number of fused-ring (bicyclic) bond motifs is 1. The van der Waals surface area contributed by atoms with Gasteiger partial charge in [0.05, 0.1) is 5.92 Å². The second kappa shape index (κ2) is 10.6. The number of hydrogen-bond donors (Lipinski definition) is 1. The van der Waals surface area contributed by atoms with E-state index in [1.54, 1.807) is 0 Å². The average Bonchev–Trinajstić information content (AvgIpc) is 2.89. The molecule has 2 aromatic rings. The van der Waals surface area contributed by atoms with Crippen LogP contribution in [0.1, 0.15) is 30.4 Å². The molecule has 3 atom stereocenters. The molecule has 1 saturated carbocycles. The lowest BCUT2D eigenvalue weighted by atomic mass is 9.76. The third-order valence-electron chi connectivity index (χ3n) is 7.74. The monoisotopic (exact) mass is 474 g/mol. The maximum absolute atomic E-state index is 13.3. The zero-order valence-electron chi connectivity index (χ0n) is 20.1. The van der Waals surface area contributed by atoms with E-state index >= 15 is 0 Å². The molecule has 0 spiro atoms. The fourth-order valence-electron chi connectivity index (χ4n) is 5.71. The summed E-state index contributed by atoms with van der Waals surface area (Å²) in [5, 5.41) is 3.04. The van der Waals surface area contributed by atoms with Gasteiger partial charge in [-0.05, 0) is 36.8 Å². The van der Waals surface area contributed by atoms with E-state index in [0.717, 1.165) is 38.3 Å². The van der Waals surface area contributed by atoms with Crippen molar-refractivity contribution in [3.8, 4) is 0 Å². The van der Waals surface area contributed by atoms with Crippen LogP contribution in [0.4, 0.5) is 4.79 Å². The molecule has 7 nitrogen and oxygen atoms in total. The molecule has 0 aromatic heterocycles. The van der Waals surface area contributed by atoms with E-state index in [1.165, 1.54) is 10.5 Å². The molecule has 3 fully saturated rings. The lowest BCUT2D eigenvalue weighted by molar-refractivity contribution is -0.143. The molecule has 2 saturated heterocycles. The van der Waals surface area contributed by atoms with Crippen molar-refractivity contribution in [3.05, 3.63) is 71.8 Å². The Bertz CT molecular complexity index is 1040. The smallest absolute Gasteiger partial charge is 0.324 e. The molecular formula is C28H34N4O3. The van der Waals surface area contributed by atoms with Gasteiger partial charge in [0.2, 0.25) is 11.8 Å². The maximum atomic E-state index is 13.3. The van der Waals surface area contributed by atoms with Crippen molar-refractivity contribution in [2.45, 2.75) is 38.3 Å². The third-order valence-corrected chi connectivity index (χ3v) is 7.74. The van der Waals surface area contributed by atoms with Crippen LogP contribution in [0.5, 0.6) is 0 Å². The van der Waals surface area contributed by atoms with Crippen LogP contribution in [0.3, 0.4) is 0 Å². The highest BCUT2D eigenvalue weighted by Crippen LogP contribution is 2.34. The van der Waals surface area contributed by atoms with E-state index in [0.29, 0.717) is 32.2 Å². The van der Waals surface area contributed by atoms with Crippen LogP contribution in [0.2, 0.25) is 0 Å². The van der Waals surface area contributed by atoms with Crippen LogP contribution in [0.15, 0.2) is 60.7 Å². The van der Waals surface area contributed by atoms with E-state index in [9.17, 15) is 14.4 Å². The van der Waals surface area contributed by atoms with E-state index in [1.807, 2.05) is 41.3 Å². The van der Waals surface area contributed by atoms with Gasteiger partial charge in [-0.1, -0.05) is 60.7 Å². The lowest BCUT2D eigenvalue weighted by Gasteiger charge is -2.43. The van der Waals surface area contributed by atoms with Gasteiger partial charge < -0.3 is 10.2 Å². The predicted octanol–water partition coefficient (Wildman–Crippen LogP) is 2.91. The summed E-state index contributed by atoms with van der Waals surface area (Å²) in [5.41, 5.74) is 2.40. The standard InChI is InChI=1S/C28H34N4O3/c33-26(31-17-15-30(16-18-31)20-22-9-5-2-6-10-22)23-11-12-24-25(19-23)29-28(35)32(27(24)34)14-13-21-7-3-1-4-8-21/h1-10,23-25H,11-20H2,(H,29,35). The molecule has 2 aromatic carbocycles. The van der Waals surface area contributed by atoms with Crippen LogP contribution in [0.25, 0.3) is 0 Å². The summed E-state index contributed by atoms with van der Waals surface area (Å²) in [4.78, 5) is 44.9. The molecule has 1 aliphatic carbocycles. The fourth-order valence-corrected chi connectivity index (χ4v) is 5.71. The fraction of sp³-hybridized carbons (Fsp3) is 0.464. The van der Waals surface area contributed by atoms with Crippen molar-refractivity contribution in [2.24, 2.45) is 11.8 Å². The Balaban J connectivity index is 1.12. The van der Waals surface area contributed by atoms with Gasteiger partial charge in [0.1, 0.15) is 0 Å². The molecule has 184 valence electrons. The first-order valence-electron chi connectivity index (χ1n) is 12.8. The molecule has 3 aliphatic rings. The number of hydrogen-bond acceptors (Lipinski definition) is 4. The zero-order valence-corrected chi connectivity index (χ0v) is 20.1. The number of carbonyl (C=O) groups excluding carboxylic acids is 3. The Morgan fingerprint density at radius 1 is 0.857 bits per heavy atom. The largest absolute Gasteiger partial charge is 0.340 e. The van der Waals surface area contributed by atoms with Crippen LogP contribution >= 0.6 is 0 Å². The Morgan fingerprint density at radius 3 is 2.20 bits per heavy atom. The van der Waals surface area contributed by atoms with Crippen LogP contribution in [0, 0.1) is 11.8 Å². The van der Waals surface area contributed by atoms with Crippen molar-refractivity contribution in [2.75, 3.05) is 32.7 Å². The predicted molar refractivity (Wildman–Crippen MR) is 133 cm³/mol. The first-order chi connectivity index (χ1) is 17.1. The Hall–Kier alpha value is -3.19. The molecule has 7 heteroatoms. The number of urea groups is 1. The molecule has 2 heterocycles. The van der Waals surface area contributed by atoms with Gasteiger partial charge in [-0.25, -0.2) is 4.79 Å². The SMILES string of the molecule is O=C(C1CCC2C(=O)N(CCc3ccccc3)C(=O)NC2C1)N1CCN(Cc2ccccc2)CC1. The summed E-state index contributed by atoms with van der Waals surface area (Å²) in [7, 11) is 0. The minimum Gasteiger partial charge on any atom is -0.340 e.